The van der Waals surface area contributed by atoms with E-state index in [1.54, 1.807) is 0 Å². The first-order valence-electron chi connectivity index (χ1n) is 15.1. The van der Waals surface area contributed by atoms with Gasteiger partial charge in [-0.1, -0.05) is 127 Å². The Morgan fingerprint density at radius 2 is 0.886 bits per heavy atom. The van der Waals surface area contributed by atoms with Crippen molar-refractivity contribution in [3.63, 3.8) is 0 Å². The van der Waals surface area contributed by atoms with Crippen molar-refractivity contribution in [1.82, 2.24) is 4.57 Å². The van der Waals surface area contributed by atoms with Gasteiger partial charge in [0, 0.05) is 22.2 Å². The number of nitrogens with zero attached hydrogens (tertiary/aromatic N) is 2. The average molecular weight is 561 g/mol. The van der Waals surface area contributed by atoms with Gasteiger partial charge < -0.3 is 0 Å². The number of para-hydroxylation sites is 2. The van der Waals surface area contributed by atoms with Crippen LogP contribution in [0, 0.1) is 0 Å². The van der Waals surface area contributed by atoms with Crippen molar-refractivity contribution in [3.8, 4) is 39.1 Å². The molecule has 1 aliphatic rings. The van der Waals surface area contributed by atoms with Crippen molar-refractivity contribution in [2.45, 2.75) is 0 Å². The minimum Gasteiger partial charge on any atom is -0.295 e. The Hall–Kier alpha value is -5.86. The standard InChI is InChI=1S/C42H28N2/c1-2-10-29(11-3-1)30-18-20-31(21-19-30)32-22-24-36(25-23-32)43-41-27-34-13-5-4-12-33(34)26-38(41)37-15-7-9-17-40(37)44-39-16-8-6-14-35(39)28-42(43)44/h1-28H. The molecule has 1 aromatic heterocycles. The third-order valence-electron chi connectivity index (χ3n) is 8.91. The quantitative estimate of drug-likeness (QED) is 0.209. The van der Waals surface area contributed by atoms with Crippen molar-refractivity contribution in [1.29, 1.82) is 0 Å². The van der Waals surface area contributed by atoms with Crippen LogP contribution in [0.4, 0.5) is 17.2 Å². The highest BCUT2D eigenvalue weighted by molar-refractivity contribution is 6.03. The molecule has 0 saturated carbocycles. The maximum atomic E-state index is 2.43. The molecule has 0 fully saturated rings. The van der Waals surface area contributed by atoms with Crippen molar-refractivity contribution in [2.24, 2.45) is 0 Å². The van der Waals surface area contributed by atoms with Crippen molar-refractivity contribution in [3.05, 3.63) is 170 Å². The molecule has 2 heteroatoms. The molecule has 2 heterocycles. The summed E-state index contributed by atoms with van der Waals surface area (Å²) in [5, 5.41) is 3.70. The molecule has 0 spiro atoms. The molecule has 44 heavy (non-hydrogen) atoms. The van der Waals surface area contributed by atoms with Gasteiger partial charge in [0.1, 0.15) is 5.82 Å². The topological polar surface area (TPSA) is 8.17 Å². The number of benzene rings is 7. The van der Waals surface area contributed by atoms with Gasteiger partial charge in [0.25, 0.3) is 0 Å². The van der Waals surface area contributed by atoms with E-state index in [2.05, 4.69) is 179 Å². The second-order valence-electron chi connectivity index (χ2n) is 11.5. The van der Waals surface area contributed by atoms with Crippen LogP contribution in [-0.2, 0) is 0 Å². The SMILES string of the molecule is c1ccc(-c2ccc(-c3ccc(N4c5cc6ccccc6cc5-c5ccccc5-n5c4cc4ccccc45)cc3)cc2)cc1. The summed E-state index contributed by atoms with van der Waals surface area (Å²) in [5.41, 5.74) is 12.0. The first-order valence-corrected chi connectivity index (χ1v) is 15.1. The van der Waals surface area contributed by atoms with E-state index in [9.17, 15) is 0 Å². The smallest absolute Gasteiger partial charge is 0.123 e. The van der Waals surface area contributed by atoms with E-state index in [4.69, 9.17) is 0 Å². The summed E-state index contributed by atoms with van der Waals surface area (Å²) in [5.74, 6) is 1.13. The Morgan fingerprint density at radius 3 is 1.61 bits per heavy atom. The van der Waals surface area contributed by atoms with Crippen molar-refractivity contribution in [2.75, 3.05) is 4.90 Å². The summed E-state index contributed by atoms with van der Waals surface area (Å²) in [6.45, 7) is 0. The summed E-state index contributed by atoms with van der Waals surface area (Å²) in [6, 6.07) is 61.6. The molecule has 0 radical (unpaired) electrons. The Labute approximate surface area is 256 Å². The zero-order chi connectivity index (χ0) is 29.0. The van der Waals surface area contributed by atoms with Crippen molar-refractivity contribution < 1.29 is 0 Å². The van der Waals surface area contributed by atoms with Crippen molar-refractivity contribution >= 4 is 38.9 Å². The summed E-state index contributed by atoms with van der Waals surface area (Å²) < 4.78 is 2.42. The van der Waals surface area contributed by atoms with E-state index >= 15 is 0 Å². The van der Waals surface area contributed by atoms with E-state index in [0.29, 0.717) is 0 Å². The molecule has 0 bridgehead atoms. The number of fused-ring (bicyclic) bond motifs is 8. The Bertz CT molecular complexity index is 2310. The number of rotatable bonds is 3. The minimum atomic E-state index is 1.13. The van der Waals surface area contributed by atoms with Crippen LogP contribution in [0.1, 0.15) is 0 Å². The van der Waals surface area contributed by atoms with Crippen LogP contribution in [0.5, 0.6) is 0 Å². The Kier molecular flexibility index (Phi) is 5.54. The fourth-order valence-corrected chi connectivity index (χ4v) is 6.77. The molecule has 0 unspecified atom stereocenters. The second kappa shape index (κ2) is 9.86. The highest BCUT2D eigenvalue weighted by Crippen LogP contribution is 2.50. The van der Waals surface area contributed by atoms with Gasteiger partial charge in [-0.05, 0) is 75.5 Å². The molecule has 0 atom stereocenters. The first-order chi connectivity index (χ1) is 21.8. The van der Waals surface area contributed by atoms with E-state index in [0.717, 1.165) is 11.5 Å². The fourth-order valence-electron chi connectivity index (χ4n) is 6.77. The molecule has 7 aromatic carbocycles. The number of anilines is 3. The number of hydrogen-bond donors (Lipinski definition) is 0. The van der Waals surface area contributed by atoms with Gasteiger partial charge in [0.2, 0.25) is 0 Å². The molecule has 1 aliphatic heterocycles. The third kappa shape index (κ3) is 3.89. The van der Waals surface area contributed by atoms with Gasteiger partial charge in [-0.15, -0.1) is 0 Å². The largest absolute Gasteiger partial charge is 0.295 e. The van der Waals surface area contributed by atoms with Gasteiger partial charge in [-0.3, -0.25) is 9.47 Å². The minimum absolute atomic E-state index is 1.13. The molecule has 0 saturated heterocycles. The van der Waals surface area contributed by atoms with E-state index < -0.39 is 0 Å². The van der Waals surface area contributed by atoms with Crippen LogP contribution in [0.15, 0.2) is 170 Å². The normalized spacial score (nSPS) is 12.0. The average Bonchev–Trinajstić information content (AvgIpc) is 3.43. The Balaban J connectivity index is 1.23. The molecule has 9 rings (SSSR count). The fraction of sp³-hybridized carbons (Fsp3) is 0. The summed E-state index contributed by atoms with van der Waals surface area (Å²) in [4.78, 5) is 2.43. The molecule has 8 aromatic rings. The zero-order valence-corrected chi connectivity index (χ0v) is 24.1. The van der Waals surface area contributed by atoms with Crippen LogP contribution in [-0.4, -0.2) is 4.57 Å². The highest BCUT2D eigenvalue weighted by atomic mass is 15.3. The number of hydrogen-bond acceptors (Lipinski definition) is 1. The maximum Gasteiger partial charge on any atom is 0.123 e. The zero-order valence-electron chi connectivity index (χ0n) is 24.1. The lowest BCUT2D eigenvalue weighted by molar-refractivity contribution is 1.09. The predicted molar refractivity (Wildman–Crippen MR) is 185 cm³/mol. The molecule has 206 valence electrons. The van der Waals surface area contributed by atoms with Gasteiger partial charge in [0.15, 0.2) is 0 Å². The molecular weight excluding hydrogens is 532 g/mol. The lowest BCUT2D eigenvalue weighted by Gasteiger charge is -2.26. The molecule has 2 nitrogen and oxygen atoms in total. The molecule has 0 N–H and O–H groups in total. The first kappa shape index (κ1) is 24.7. The van der Waals surface area contributed by atoms with Crippen LogP contribution < -0.4 is 4.90 Å². The van der Waals surface area contributed by atoms with E-state index in [-0.39, 0.29) is 0 Å². The van der Waals surface area contributed by atoms with Crippen LogP contribution in [0.25, 0.3) is 60.7 Å². The van der Waals surface area contributed by atoms with Gasteiger partial charge >= 0.3 is 0 Å². The Morgan fingerprint density at radius 1 is 0.341 bits per heavy atom. The highest BCUT2D eigenvalue weighted by Gasteiger charge is 2.28. The van der Waals surface area contributed by atoms with Crippen LogP contribution >= 0.6 is 0 Å². The number of aromatic nitrogens is 1. The maximum absolute atomic E-state index is 2.43. The van der Waals surface area contributed by atoms with E-state index in [1.165, 1.54) is 66.4 Å². The van der Waals surface area contributed by atoms with Gasteiger partial charge in [-0.25, -0.2) is 0 Å². The molecule has 0 amide bonds. The third-order valence-corrected chi connectivity index (χ3v) is 8.91. The second-order valence-corrected chi connectivity index (χ2v) is 11.5. The predicted octanol–water partition coefficient (Wildman–Crippen LogP) is 11.6. The summed E-state index contributed by atoms with van der Waals surface area (Å²) in [7, 11) is 0. The lowest BCUT2D eigenvalue weighted by atomic mass is 9.97. The lowest BCUT2D eigenvalue weighted by Crippen LogP contribution is -2.13. The summed E-state index contributed by atoms with van der Waals surface area (Å²) >= 11 is 0. The van der Waals surface area contributed by atoms with Gasteiger partial charge in [-0.2, -0.15) is 0 Å². The monoisotopic (exact) mass is 560 g/mol. The molecule has 0 aliphatic carbocycles. The summed E-state index contributed by atoms with van der Waals surface area (Å²) in [6.07, 6.45) is 0. The van der Waals surface area contributed by atoms with Crippen LogP contribution in [0.3, 0.4) is 0 Å². The molecular formula is C42H28N2. The van der Waals surface area contributed by atoms with E-state index in [1.807, 2.05) is 0 Å². The van der Waals surface area contributed by atoms with Gasteiger partial charge in [0.05, 0.1) is 16.9 Å². The van der Waals surface area contributed by atoms with Crippen LogP contribution in [0.2, 0.25) is 0 Å².